The standard InChI is InChI=1S/C12H12N2O3/c1-8-2-4-9(5-3-8)6-13-12-14-10(7-17-12)11(15)16/h2-5,7H,6H2,1H3,(H,13,14)(H,15,16). The van der Waals surface area contributed by atoms with Crippen LogP contribution in [0.2, 0.25) is 0 Å². The zero-order chi connectivity index (χ0) is 12.3. The molecule has 0 saturated carbocycles. The van der Waals surface area contributed by atoms with Gasteiger partial charge in [-0.2, -0.15) is 4.98 Å². The normalized spacial score (nSPS) is 10.2. The molecule has 0 bridgehead atoms. The van der Waals surface area contributed by atoms with E-state index in [1.54, 1.807) is 0 Å². The topological polar surface area (TPSA) is 75.4 Å². The number of nitrogens with one attached hydrogen (secondary N) is 1. The number of carbonyl (C=O) groups is 1. The molecule has 0 aliphatic rings. The molecule has 1 heterocycles. The van der Waals surface area contributed by atoms with Crippen LogP contribution in [0.5, 0.6) is 0 Å². The number of hydrogen-bond donors (Lipinski definition) is 2. The van der Waals surface area contributed by atoms with Crippen LogP contribution in [0.4, 0.5) is 6.01 Å². The van der Waals surface area contributed by atoms with Gasteiger partial charge < -0.3 is 14.8 Å². The van der Waals surface area contributed by atoms with Crippen molar-refractivity contribution in [3.05, 3.63) is 47.3 Å². The van der Waals surface area contributed by atoms with E-state index >= 15 is 0 Å². The van der Waals surface area contributed by atoms with Gasteiger partial charge in [-0.25, -0.2) is 4.79 Å². The number of aromatic nitrogens is 1. The summed E-state index contributed by atoms with van der Waals surface area (Å²) in [4.78, 5) is 14.3. The second-order valence-electron chi connectivity index (χ2n) is 3.68. The van der Waals surface area contributed by atoms with Gasteiger partial charge in [-0.3, -0.25) is 0 Å². The molecule has 17 heavy (non-hydrogen) atoms. The van der Waals surface area contributed by atoms with E-state index < -0.39 is 5.97 Å². The summed E-state index contributed by atoms with van der Waals surface area (Å²) in [7, 11) is 0. The van der Waals surface area contributed by atoms with Gasteiger partial charge in [0.1, 0.15) is 6.26 Å². The summed E-state index contributed by atoms with van der Waals surface area (Å²) in [6, 6.07) is 8.21. The van der Waals surface area contributed by atoms with Gasteiger partial charge in [0.15, 0.2) is 5.69 Å². The van der Waals surface area contributed by atoms with Gasteiger partial charge in [0, 0.05) is 6.54 Å². The molecule has 0 saturated heterocycles. The van der Waals surface area contributed by atoms with Crippen LogP contribution in [0.1, 0.15) is 21.6 Å². The Labute approximate surface area is 98.1 Å². The summed E-state index contributed by atoms with van der Waals surface area (Å²) >= 11 is 0. The van der Waals surface area contributed by atoms with Crippen molar-refractivity contribution < 1.29 is 14.3 Å². The lowest BCUT2D eigenvalue weighted by Gasteiger charge is -2.02. The first kappa shape index (κ1) is 11.2. The first-order valence-electron chi connectivity index (χ1n) is 5.13. The van der Waals surface area contributed by atoms with Crippen LogP contribution in [-0.2, 0) is 6.54 Å². The zero-order valence-electron chi connectivity index (χ0n) is 9.30. The van der Waals surface area contributed by atoms with E-state index in [-0.39, 0.29) is 11.7 Å². The lowest BCUT2D eigenvalue weighted by molar-refractivity contribution is 0.0690. The van der Waals surface area contributed by atoms with Crippen LogP contribution in [0.15, 0.2) is 34.9 Å². The molecule has 0 unspecified atom stereocenters. The Morgan fingerprint density at radius 2 is 2.12 bits per heavy atom. The fourth-order valence-electron chi connectivity index (χ4n) is 1.34. The summed E-state index contributed by atoms with van der Waals surface area (Å²) in [5.41, 5.74) is 2.17. The summed E-state index contributed by atoms with van der Waals surface area (Å²) < 4.78 is 4.97. The molecular weight excluding hydrogens is 220 g/mol. The quantitative estimate of drug-likeness (QED) is 0.845. The van der Waals surface area contributed by atoms with Gasteiger partial charge in [-0.05, 0) is 12.5 Å². The number of benzene rings is 1. The third kappa shape index (κ3) is 2.84. The molecule has 0 spiro atoms. The second kappa shape index (κ2) is 4.69. The maximum absolute atomic E-state index is 10.6. The Bertz CT molecular complexity index is 517. The van der Waals surface area contributed by atoms with Gasteiger partial charge in [0.05, 0.1) is 0 Å². The minimum absolute atomic E-state index is 0.101. The third-order valence-electron chi connectivity index (χ3n) is 2.29. The van der Waals surface area contributed by atoms with Crippen molar-refractivity contribution in [3.63, 3.8) is 0 Å². The van der Waals surface area contributed by atoms with Gasteiger partial charge in [0.2, 0.25) is 0 Å². The molecule has 2 rings (SSSR count). The molecule has 88 valence electrons. The highest BCUT2D eigenvalue weighted by Gasteiger charge is 2.09. The molecule has 0 aliphatic heterocycles. The lowest BCUT2D eigenvalue weighted by Crippen LogP contribution is -2.01. The second-order valence-corrected chi connectivity index (χ2v) is 3.68. The molecule has 0 atom stereocenters. The highest BCUT2D eigenvalue weighted by molar-refractivity contribution is 5.85. The van der Waals surface area contributed by atoms with Gasteiger partial charge >= 0.3 is 5.97 Å². The maximum Gasteiger partial charge on any atom is 0.357 e. The molecule has 1 aromatic carbocycles. The number of aryl methyl sites for hydroxylation is 1. The van der Waals surface area contributed by atoms with Crippen molar-refractivity contribution in [2.75, 3.05) is 5.32 Å². The van der Waals surface area contributed by atoms with Crippen molar-refractivity contribution in [3.8, 4) is 0 Å². The fraction of sp³-hybridized carbons (Fsp3) is 0.167. The maximum atomic E-state index is 10.6. The Morgan fingerprint density at radius 3 is 2.71 bits per heavy atom. The highest BCUT2D eigenvalue weighted by Crippen LogP contribution is 2.10. The third-order valence-corrected chi connectivity index (χ3v) is 2.29. The summed E-state index contributed by atoms with van der Waals surface area (Å²) in [5.74, 6) is -1.10. The van der Waals surface area contributed by atoms with Gasteiger partial charge in [0.25, 0.3) is 6.01 Å². The monoisotopic (exact) mass is 232 g/mol. The fourth-order valence-corrected chi connectivity index (χ4v) is 1.34. The molecule has 2 N–H and O–H groups in total. The van der Waals surface area contributed by atoms with Crippen LogP contribution in [0.3, 0.4) is 0 Å². The Balaban J connectivity index is 1.97. The summed E-state index contributed by atoms with van der Waals surface area (Å²) in [6.07, 6.45) is 1.11. The molecule has 2 aromatic rings. The molecule has 0 fully saturated rings. The van der Waals surface area contributed by atoms with Crippen LogP contribution in [0, 0.1) is 6.92 Å². The Morgan fingerprint density at radius 1 is 1.41 bits per heavy atom. The molecule has 5 heteroatoms. The average molecular weight is 232 g/mol. The SMILES string of the molecule is Cc1ccc(CNc2nc(C(=O)O)co2)cc1. The van der Waals surface area contributed by atoms with Crippen LogP contribution < -0.4 is 5.32 Å². The van der Waals surface area contributed by atoms with Crippen molar-refractivity contribution in [2.45, 2.75) is 13.5 Å². The lowest BCUT2D eigenvalue weighted by atomic mass is 10.1. The summed E-state index contributed by atoms with van der Waals surface area (Å²) in [5, 5.41) is 11.6. The molecule has 0 amide bonds. The minimum Gasteiger partial charge on any atom is -0.476 e. The summed E-state index contributed by atoms with van der Waals surface area (Å²) in [6.45, 7) is 2.56. The van der Waals surface area contributed by atoms with E-state index in [9.17, 15) is 4.79 Å². The Kier molecular flexibility index (Phi) is 3.09. The molecule has 1 aromatic heterocycles. The molecule has 0 aliphatic carbocycles. The highest BCUT2D eigenvalue weighted by atomic mass is 16.4. The minimum atomic E-state index is -1.10. The number of hydrogen-bond acceptors (Lipinski definition) is 4. The molecule has 5 nitrogen and oxygen atoms in total. The number of oxazole rings is 1. The number of anilines is 1. The largest absolute Gasteiger partial charge is 0.476 e. The van der Waals surface area contributed by atoms with E-state index in [4.69, 9.17) is 9.52 Å². The first-order valence-corrected chi connectivity index (χ1v) is 5.13. The predicted octanol–water partition coefficient (Wildman–Crippen LogP) is 2.29. The van der Waals surface area contributed by atoms with Crippen LogP contribution >= 0.6 is 0 Å². The van der Waals surface area contributed by atoms with Crippen molar-refractivity contribution in [2.24, 2.45) is 0 Å². The Hall–Kier alpha value is -2.30. The number of rotatable bonds is 4. The molecular formula is C12H12N2O3. The van der Waals surface area contributed by atoms with E-state index in [0.717, 1.165) is 11.8 Å². The van der Waals surface area contributed by atoms with Crippen molar-refractivity contribution >= 4 is 12.0 Å². The van der Waals surface area contributed by atoms with Gasteiger partial charge in [-0.1, -0.05) is 29.8 Å². The van der Waals surface area contributed by atoms with E-state index in [1.165, 1.54) is 5.56 Å². The number of carboxylic acid groups (broad SMARTS) is 1. The van der Waals surface area contributed by atoms with Crippen molar-refractivity contribution in [1.82, 2.24) is 4.98 Å². The van der Waals surface area contributed by atoms with E-state index in [1.807, 2.05) is 31.2 Å². The number of carboxylic acids is 1. The number of nitrogens with zero attached hydrogens (tertiary/aromatic N) is 1. The predicted molar refractivity (Wildman–Crippen MR) is 62.0 cm³/mol. The smallest absolute Gasteiger partial charge is 0.357 e. The average Bonchev–Trinajstić information content (AvgIpc) is 2.77. The first-order chi connectivity index (χ1) is 8.15. The van der Waals surface area contributed by atoms with Gasteiger partial charge in [-0.15, -0.1) is 0 Å². The molecule has 0 radical (unpaired) electrons. The van der Waals surface area contributed by atoms with E-state index in [2.05, 4.69) is 10.3 Å². The number of aromatic carboxylic acids is 1. The van der Waals surface area contributed by atoms with Crippen LogP contribution in [0.25, 0.3) is 0 Å². The van der Waals surface area contributed by atoms with Crippen LogP contribution in [-0.4, -0.2) is 16.1 Å². The zero-order valence-corrected chi connectivity index (χ0v) is 9.30. The van der Waals surface area contributed by atoms with Crippen molar-refractivity contribution in [1.29, 1.82) is 0 Å². The van der Waals surface area contributed by atoms with E-state index in [0.29, 0.717) is 6.54 Å².